The largest absolute Gasteiger partial charge is 0.377 e. The van der Waals surface area contributed by atoms with Gasteiger partial charge in [0.05, 0.1) is 0 Å². The molecule has 0 aliphatic heterocycles. The second kappa shape index (κ2) is 3.96. The highest BCUT2D eigenvalue weighted by Gasteiger charge is 1.97. The molecule has 0 amide bonds. The molecule has 1 heteroatoms. The van der Waals surface area contributed by atoms with Crippen LogP contribution in [0, 0.1) is 6.92 Å². The van der Waals surface area contributed by atoms with E-state index < -0.39 is 0 Å². The lowest BCUT2D eigenvalue weighted by molar-refractivity contribution is 0.451. The summed E-state index contributed by atoms with van der Waals surface area (Å²) in [6.45, 7) is 6.78. The molecule has 0 atom stereocenters. The topological polar surface area (TPSA) is 3.24 Å². The van der Waals surface area contributed by atoms with Crippen LogP contribution in [-0.4, -0.2) is 11.9 Å². The Hall–Kier alpha value is -1.24. The van der Waals surface area contributed by atoms with E-state index in [4.69, 9.17) is 0 Å². The molecule has 0 spiro atoms. The molecule has 1 nitrogen and oxygen atoms in total. The van der Waals surface area contributed by atoms with E-state index in [1.165, 1.54) is 11.1 Å². The summed E-state index contributed by atoms with van der Waals surface area (Å²) in [5.74, 6) is 0. The Bertz CT molecular complexity index is 265. The Morgan fingerprint density at radius 2 is 2.08 bits per heavy atom. The first-order chi connectivity index (χ1) is 5.74. The van der Waals surface area contributed by atoms with Crippen LogP contribution in [-0.2, 0) is 6.54 Å². The number of hydrogen-bond donors (Lipinski definition) is 0. The van der Waals surface area contributed by atoms with Gasteiger partial charge in [0.15, 0.2) is 0 Å². The van der Waals surface area contributed by atoms with Gasteiger partial charge >= 0.3 is 0 Å². The van der Waals surface area contributed by atoms with E-state index in [1.807, 2.05) is 13.2 Å². The normalized spacial score (nSPS) is 9.50. The summed E-state index contributed by atoms with van der Waals surface area (Å²) in [7, 11) is 2.03. The number of hydrogen-bond acceptors (Lipinski definition) is 1. The third kappa shape index (κ3) is 2.12. The molecule has 0 saturated heterocycles. The summed E-state index contributed by atoms with van der Waals surface area (Å²) in [4.78, 5) is 2.07. The van der Waals surface area contributed by atoms with E-state index in [9.17, 15) is 0 Å². The molecule has 0 aliphatic carbocycles. The van der Waals surface area contributed by atoms with Gasteiger partial charge in [-0.25, -0.2) is 0 Å². The number of aryl methyl sites for hydroxylation is 1. The molecule has 0 fully saturated rings. The summed E-state index contributed by atoms with van der Waals surface area (Å²) in [5.41, 5.74) is 2.70. The van der Waals surface area contributed by atoms with Crippen molar-refractivity contribution in [1.82, 2.24) is 4.90 Å². The van der Waals surface area contributed by atoms with E-state index in [-0.39, 0.29) is 0 Å². The van der Waals surface area contributed by atoms with Crippen molar-refractivity contribution in [2.24, 2.45) is 0 Å². The summed E-state index contributed by atoms with van der Waals surface area (Å²) in [6, 6.07) is 8.41. The van der Waals surface area contributed by atoms with Gasteiger partial charge in [-0.05, 0) is 24.3 Å². The quantitative estimate of drug-likeness (QED) is 0.658. The van der Waals surface area contributed by atoms with Gasteiger partial charge in [0.2, 0.25) is 0 Å². The van der Waals surface area contributed by atoms with Crippen LogP contribution >= 0.6 is 0 Å². The van der Waals surface area contributed by atoms with Gasteiger partial charge in [-0.1, -0.05) is 30.8 Å². The molecule has 12 heavy (non-hydrogen) atoms. The zero-order valence-corrected chi connectivity index (χ0v) is 7.75. The monoisotopic (exact) mass is 161 g/mol. The van der Waals surface area contributed by atoms with Gasteiger partial charge in [0, 0.05) is 13.6 Å². The van der Waals surface area contributed by atoms with E-state index in [1.54, 1.807) is 0 Å². The minimum atomic E-state index is 0.941. The number of rotatable bonds is 3. The fourth-order valence-electron chi connectivity index (χ4n) is 1.12. The fraction of sp³-hybridized carbons (Fsp3) is 0.273. The average molecular weight is 161 g/mol. The summed E-state index contributed by atoms with van der Waals surface area (Å²) in [6.07, 6.45) is 1.84. The van der Waals surface area contributed by atoms with Gasteiger partial charge in [-0.3, -0.25) is 0 Å². The molecule has 1 aromatic rings. The van der Waals surface area contributed by atoms with Gasteiger partial charge in [0.1, 0.15) is 0 Å². The summed E-state index contributed by atoms with van der Waals surface area (Å²) in [5, 5.41) is 0. The zero-order valence-electron chi connectivity index (χ0n) is 7.75. The molecule has 1 aromatic carbocycles. The van der Waals surface area contributed by atoms with Crippen molar-refractivity contribution in [2.45, 2.75) is 13.5 Å². The van der Waals surface area contributed by atoms with Gasteiger partial charge < -0.3 is 4.90 Å². The Morgan fingerprint density at radius 3 is 2.67 bits per heavy atom. The van der Waals surface area contributed by atoms with Crippen LogP contribution in [0.5, 0.6) is 0 Å². The average Bonchev–Trinajstić information content (AvgIpc) is 2.09. The summed E-state index contributed by atoms with van der Waals surface area (Å²) >= 11 is 0. The van der Waals surface area contributed by atoms with Crippen LogP contribution < -0.4 is 0 Å². The van der Waals surface area contributed by atoms with Crippen LogP contribution in [0.25, 0.3) is 0 Å². The maximum atomic E-state index is 3.71. The Labute approximate surface area is 74.3 Å². The molecular formula is C11H15N. The SMILES string of the molecule is C=CN(C)Cc1ccccc1C. The van der Waals surface area contributed by atoms with E-state index in [2.05, 4.69) is 42.7 Å². The maximum Gasteiger partial charge on any atom is 0.0423 e. The Balaban J connectivity index is 2.75. The molecule has 1 rings (SSSR count). The fourth-order valence-corrected chi connectivity index (χ4v) is 1.12. The lowest BCUT2D eigenvalue weighted by Crippen LogP contribution is -2.09. The highest BCUT2D eigenvalue weighted by Crippen LogP contribution is 2.08. The van der Waals surface area contributed by atoms with Crippen molar-refractivity contribution in [3.05, 3.63) is 48.2 Å². The standard InChI is InChI=1S/C11H15N/c1-4-12(3)9-11-8-6-5-7-10(11)2/h4-8H,1,9H2,2-3H3. The molecule has 0 aliphatic rings. The highest BCUT2D eigenvalue weighted by molar-refractivity contribution is 5.25. The van der Waals surface area contributed by atoms with Gasteiger partial charge in [-0.15, -0.1) is 0 Å². The van der Waals surface area contributed by atoms with Crippen molar-refractivity contribution in [2.75, 3.05) is 7.05 Å². The molecule has 0 aromatic heterocycles. The van der Waals surface area contributed by atoms with E-state index in [0.29, 0.717) is 0 Å². The van der Waals surface area contributed by atoms with Crippen molar-refractivity contribution in [1.29, 1.82) is 0 Å². The molecule has 0 unspecified atom stereocenters. The minimum Gasteiger partial charge on any atom is -0.377 e. The highest BCUT2D eigenvalue weighted by atomic mass is 15.1. The Kier molecular flexibility index (Phi) is 2.92. The van der Waals surface area contributed by atoms with Crippen LogP contribution in [0.15, 0.2) is 37.0 Å². The lowest BCUT2D eigenvalue weighted by Gasteiger charge is -2.14. The third-order valence-corrected chi connectivity index (χ3v) is 1.99. The van der Waals surface area contributed by atoms with Crippen LogP contribution in [0.4, 0.5) is 0 Å². The van der Waals surface area contributed by atoms with Crippen molar-refractivity contribution >= 4 is 0 Å². The zero-order chi connectivity index (χ0) is 8.97. The summed E-state index contributed by atoms with van der Waals surface area (Å²) < 4.78 is 0. The van der Waals surface area contributed by atoms with Crippen molar-refractivity contribution < 1.29 is 0 Å². The first-order valence-electron chi connectivity index (χ1n) is 4.11. The number of benzene rings is 1. The molecule has 0 heterocycles. The molecule has 0 N–H and O–H groups in total. The van der Waals surface area contributed by atoms with Gasteiger partial charge in [0.25, 0.3) is 0 Å². The predicted molar refractivity (Wildman–Crippen MR) is 52.8 cm³/mol. The minimum absolute atomic E-state index is 0.941. The van der Waals surface area contributed by atoms with Crippen LogP contribution in [0.3, 0.4) is 0 Å². The van der Waals surface area contributed by atoms with Crippen LogP contribution in [0.2, 0.25) is 0 Å². The molecule has 64 valence electrons. The van der Waals surface area contributed by atoms with Crippen LogP contribution in [0.1, 0.15) is 11.1 Å². The smallest absolute Gasteiger partial charge is 0.0423 e. The molecule has 0 radical (unpaired) electrons. The maximum absolute atomic E-state index is 3.71. The number of nitrogens with zero attached hydrogens (tertiary/aromatic N) is 1. The van der Waals surface area contributed by atoms with Gasteiger partial charge in [-0.2, -0.15) is 0 Å². The molecular weight excluding hydrogens is 146 g/mol. The first-order valence-corrected chi connectivity index (χ1v) is 4.11. The second-order valence-electron chi connectivity index (χ2n) is 3.02. The predicted octanol–water partition coefficient (Wildman–Crippen LogP) is 2.57. The van der Waals surface area contributed by atoms with Crippen molar-refractivity contribution in [3.63, 3.8) is 0 Å². The molecule has 0 saturated carbocycles. The van der Waals surface area contributed by atoms with Crippen molar-refractivity contribution in [3.8, 4) is 0 Å². The van der Waals surface area contributed by atoms with E-state index >= 15 is 0 Å². The molecule has 0 bridgehead atoms. The second-order valence-corrected chi connectivity index (χ2v) is 3.02. The third-order valence-electron chi connectivity index (χ3n) is 1.99. The van der Waals surface area contributed by atoms with E-state index in [0.717, 1.165) is 6.54 Å². The lowest BCUT2D eigenvalue weighted by atomic mass is 10.1. The first kappa shape index (κ1) is 8.85. The Morgan fingerprint density at radius 1 is 1.42 bits per heavy atom.